The van der Waals surface area contributed by atoms with E-state index in [2.05, 4.69) is 9.88 Å². The molecule has 1 aliphatic rings. The molecule has 0 bridgehead atoms. The number of oxazole rings is 1. The number of hydrogen-bond donors (Lipinski definition) is 1. The molecule has 0 radical (unpaired) electrons. The van der Waals surface area contributed by atoms with Gasteiger partial charge in [-0.15, -0.1) is 0 Å². The lowest BCUT2D eigenvalue weighted by Gasteiger charge is -2.24. The number of aromatic nitrogens is 1. The molecule has 1 saturated heterocycles. The Hall–Kier alpha value is -1.36. The molecule has 0 aliphatic carbocycles. The van der Waals surface area contributed by atoms with Crippen molar-refractivity contribution in [2.75, 3.05) is 13.1 Å². The van der Waals surface area contributed by atoms with Crippen LogP contribution < -0.4 is 0 Å². The van der Waals surface area contributed by atoms with Crippen LogP contribution in [0.2, 0.25) is 0 Å². The standard InChI is InChI=1S/C13H20N2O3/c1-3-4-13(12(16)17)5-6-15(8-13)7-11-10(2)18-9-14-11/h9H,3-8H2,1-2H3,(H,16,17). The van der Waals surface area contributed by atoms with Gasteiger partial charge in [-0.3, -0.25) is 9.69 Å². The molecular formula is C13H20N2O3. The Morgan fingerprint density at radius 2 is 2.44 bits per heavy atom. The maximum atomic E-state index is 11.5. The molecule has 0 amide bonds. The molecule has 0 spiro atoms. The molecule has 2 rings (SSSR count). The summed E-state index contributed by atoms with van der Waals surface area (Å²) in [6.45, 7) is 6.03. The van der Waals surface area contributed by atoms with Gasteiger partial charge in [0.05, 0.1) is 11.1 Å². The monoisotopic (exact) mass is 252 g/mol. The highest BCUT2D eigenvalue weighted by Gasteiger charge is 2.43. The second kappa shape index (κ2) is 5.10. The van der Waals surface area contributed by atoms with Crippen molar-refractivity contribution < 1.29 is 14.3 Å². The second-order valence-electron chi connectivity index (χ2n) is 5.15. The molecule has 1 aromatic rings. The molecule has 5 heteroatoms. The molecule has 1 unspecified atom stereocenters. The number of carboxylic acids is 1. The Balaban J connectivity index is 2.03. The third-order valence-electron chi connectivity index (χ3n) is 3.83. The van der Waals surface area contributed by atoms with Crippen LogP contribution in [0.4, 0.5) is 0 Å². The van der Waals surface area contributed by atoms with E-state index in [0.29, 0.717) is 13.1 Å². The van der Waals surface area contributed by atoms with E-state index >= 15 is 0 Å². The van der Waals surface area contributed by atoms with Crippen molar-refractivity contribution >= 4 is 5.97 Å². The maximum Gasteiger partial charge on any atom is 0.310 e. The molecule has 1 N–H and O–H groups in total. The van der Waals surface area contributed by atoms with Gasteiger partial charge in [0.2, 0.25) is 0 Å². The Morgan fingerprint density at radius 3 is 3.00 bits per heavy atom. The molecule has 1 aromatic heterocycles. The number of aliphatic carboxylic acids is 1. The highest BCUT2D eigenvalue weighted by Crippen LogP contribution is 2.36. The van der Waals surface area contributed by atoms with Gasteiger partial charge in [-0.2, -0.15) is 0 Å². The van der Waals surface area contributed by atoms with Gasteiger partial charge in [0.15, 0.2) is 6.39 Å². The lowest BCUT2D eigenvalue weighted by molar-refractivity contribution is -0.148. The highest BCUT2D eigenvalue weighted by atomic mass is 16.4. The van der Waals surface area contributed by atoms with Gasteiger partial charge < -0.3 is 9.52 Å². The summed E-state index contributed by atoms with van der Waals surface area (Å²) in [5.74, 6) is 0.155. The molecule has 1 atom stereocenters. The average Bonchev–Trinajstić information content (AvgIpc) is 2.89. The van der Waals surface area contributed by atoms with Crippen LogP contribution in [0.1, 0.15) is 37.6 Å². The van der Waals surface area contributed by atoms with E-state index in [1.807, 2.05) is 13.8 Å². The first-order chi connectivity index (χ1) is 8.57. The molecule has 0 saturated carbocycles. The van der Waals surface area contributed by atoms with E-state index in [1.54, 1.807) is 0 Å². The summed E-state index contributed by atoms with van der Waals surface area (Å²) in [5, 5.41) is 9.43. The van der Waals surface area contributed by atoms with Gasteiger partial charge in [0.25, 0.3) is 0 Å². The summed E-state index contributed by atoms with van der Waals surface area (Å²) in [4.78, 5) is 17.8. The number of likely N-dealkylation sites (tertiary alicyclic amines) is 1. The molecule has 18 heavy (non-hydrogen) atoms. The van der Waals surface area contributed by atoms with Crippen LogP contribution in [0.3, 0.4) is 0 Å². The molecule has 100 valence electrons. The van der Waals surface area contributed by atoms with Crippen LogP contribution in [-0.2, 0) is 11.3 Å². The fourth-order valence-electron chi connectivity index (χ4n) is 2.75. The zero-order valence-electron chi connectivity index (χ0n) is 11.0. The van der Waals surface area contributed by atoms with Crippen molar-refractivity contribution in [3.63, 3.8) is 0 Å². The summed E-state index contributed by atoms with van der Waals surface area (Å²) >= 11 is 0. The zero-order valence-corrected chi connectivity index (χ0v) is 11.0. The summed E-state index contributed by atoms with van der Waals surface area (Å²) in [7, 11) is 0. The predicted octanol–water partition coefficient (Wildman–Crippen LogP) is 2.06. The van der Waals surface area contributed by atoms with Gasteiger partial charge in [-0.25, -0.2) is 4.98 Å². The smallest absolute Gasteiger partial charge is 0.310 e. The van der Waals surface area contributed by atoms with Crippen molar-refractivity contribution in [2.24, 2.45) is 5.41 Å². The minimum atomic E-state index is -0.663. The molecular weight excluding hydrogens is 232 g/mol. The van der Waals surface area contributed by atoms with E-state index in [9.17, 15) is 9.90 Å². The van der Waals surface area contributed by atoms with Crippen LogP contribution in [-0.4, -0.2) is 34.0 Å². The van der Waals surface area contributed by atoms with Crippen LogP contribution in [0.15, 0.2) is 10.8 Å². The minimum Gasteiger partial charge on any atom is -0.481 e. The van der Waals surface area contributed by atoms with Gasteiger partial charge in [0, 0.05) is 13.1 Å². The largest absolute Gasteiger partial charge is 0.481 e. The second-order valence-corrected chi connectivity index (χ2v) is 5.15. The van der Waals surface area contributed by atoms with Crippen molar-refractivity contribution in [3.05, 3.63) is 17.8 Å². The number of hydrogen-bond acceptors (Lipinski definition) is 4. The van der Waals surface area contributed by atoms with Gasteiger partial charge >= 0.3 is 5.97 Å². The Kier molecular flexibility index (Phi) is 3.71. The number of rotatable bonds is 5. The molecule has 5 nitrogen and oxygen atoms in total. The van der Waals surface area contributed by atoms with E-state index < -0.39 is 11.4 Å². The minimum absolute atomic E-state index is 0.563. The Labute approximate surface area is 107 Å². The molecule has 1 fully saturated rings. The Bertz CT molecular complexity index is 430. The summed E-state index contributed by atoms with van der Waals surface area (Å²) < 4.78 is 5.17. The molecule has 2 heterocycles. The average molecular weight is 252 g/mol. The molecule has 1 aliphatic heterocycles. The van der Waals surface area contributed by atoms with Crippen molar-refractivity contribution in [1.29, 1.82) is 0 Å². The number of aryl methyl sites for hydroxylation is 1. The number of carbonyl (C=O) groups is 1. The summed E-state index contributed by atoms with van der Waals surface area (Å²) in [6.07, 6.45) is 3.82. The SMILES string of the molecule is CCCC1(C(=O)O)CCN(Cc2ncoc2C)C1. The Morgan fingerprint density at radius 1 is 1.67 bits per heavy atom. The van der Waals surface area contributed by atoms with Crippen LogP contribution in [0.5, 0.6) is 0 Å². The lowest BCUT2D eigenvalue weighted by Crippen LogP contribution is -2.34. The summed E-state index contributed by atoms with van der Waals surface area (Å²) in [6, 6.07) is 0. The third kappa shape index (κ3) is 2.41. The van der Waals surface area contributed by atoms with E-state index in [1.165, 1.54) is 6.39 Å². The van der Waals surface area contributed by atoms with Crippen molar-refractivity contribution in [1.82, 2.24) is 9.88 Å². The number of carboxylic acid groups (broad SMARTS) is 1. The first kappa shape index (κ1) is 13.1. The van der Waals surface area contributed by atoms with Gasteiger partial charge in [0.1, 0.15) is 5.76 Å². The van der Waals surface area contributed by atoms with E-state index in [-0.39, 0.29) is 0 Å². The third-order valence-corrected chi connectivity index (χ3v) is 3.83. The fourth-order valence-corrected chi connectivity index (χ4v) is 2.75. The maximum absolute atomic E-state index is 11.5. The van der Waals surface area contributed by atoms with Gasteiger partial charge in [-0.05, 0) is 26.3 Å². The van der Waals surface area contributed by atoms with E-state index in [0.717, 1.165) is 37.3 Å². The van der Waals surface area contributed by atoms with Crippen LogP contribution in [0, 0.1) is 12.3 Å². The van der Waals surface area contributed by atoms with Gasteiger partial charge in [-0.1, -0.05) is 13.3 Å². The van der Waals surface area contributed by atoms with Crippen LogP contribution in [0.25, 0.3) is 0 Å². The number of nitrogens with zero attached hydrogens (tertiary/aromatic N) is 2. The highest BCUT2D eigenvalue weighted by molar-refractivity contribution is 5.75. The quantitative estimate of drug-likeness (QED) is 0.868. The predicted molar refractivity (Wildman–Crippen MR) is 66.1 cm³/mol. The van der Waals surface area contributed by atoms with Crippen molar-refractivity contribution in [3.8, 4) is 0 Å². The topological polar surface area (TPSA) is 66.6 Å². The first-order valence-corrected chi connectivity index (χ1v) is 6.42. The molecule has 0 aromatic carbocycles. The lowest BCUT2D eigenvalue weighted by atomic mass is 9.83. The normalized spacial score (nSPS) is 24.6. The first-order valence-electron chi connectivity index (χ1n) is 6.42. The van der Waals surface area contributed by atoms with Crippen LogP contribution >= 0.6 is 0 Å². The zero-order chi connectivity index (χ0) is 13.2. The summed E-state index contributed by atoms with van der Waals surface area (Å²) in [5.41, 5.74) is 0.347. The van der Waals surface area contributed by atoms with E-state index in [4.69, 9.17) is 4.42 Å². The van der Waals surface area contributed by atoms with Crippen molar-refractivity contribution in [2.45, 2.75) is 39.7 Å². The fraction of sp³-hybridized carbons (Fsp3) is 0.692.